The van der Waals surface area contributed by atoms with E-state index in [0.29, 0.717) is 12.5 Å². The fourth-order valence-electron chi connectivity index (χ4n) is 3.17. The Kier molecular flexibility index (Phi) is 5.18. The Balaban J connectivity index is 2.03. The third-order valence-corrected chi connectivity index (χ3v) is 4.15. The third kappa shape index (κ3) is 3.83. The highest BCUT2D eigenvalue weighted by atomic mass is 19.1. The van der Waals surface area contributed by atoms with E-state index < -0.39 is 0 Å². The molecule has 0 aromatic heterocycles. The first-order valence-corrected chi connectivity index (χ1v) is 7.41. The molecular formula is C17H24FNO. The van der Waals surface area contributed by atoms with E-state index in [2.05, 4.69) is 6.58 Å². The second kappa shape index (κ2) is 6.89. The summed E-state index contributed by atoms with van der Waals surface area (Å²) < 4.78 is 18.8. The maximum atomic E-state index is 13.4. The normalized spacial score (nSPS) is 26.2. The summed E-state index contributed by atoms with van der Waals surface area (Å²) in [5.41, 5.74) is 7.25. The van der Waals surface area contributed by atoms with Crippen molar-refractivity contribution >= 4 is 0 Å². The van der Waals surface area contributed by atoms with Crippen LogP contribution in [0, 0.1) is 11.7 Å². The molecule has 0 spiro atoms. The fraction of sp³-hybridized carbons (Fsp3) is 0.529. The highest BCUT2D eigenvalue weighted by molar-refractivity contribution is 5.23. The van der Waals surface area contributed by atoms with Gasteiger partial charge in [-0.1, -0.05) is 18.7 Å². The molecular weight excluding hydrogens is 253 g/mol. The lowest BCUT2D eigenvalue weighted by Crippen LogP contribution is -2.34. The van der Waals surface area contributed by atoms with Crippen LogP contribution in [-0.4, -0.2) is 12.6 Å². The first-order chi connectivity index (χ1) is 9.60. The van der Waals surface area contributed by atoms with Gasteiger partial charge in [0.1, 0.15) is 5.82 Å². The summed E-state index contributed by atoms with van der Waals surface area (Å²) in [4.78, 5) is 0. The maximum Gasteiger partial charge on any atom is 0.123 e. The molecule has 20 heavy (non-hydrogen) atoms. The molecule has 2 nitrogen and oxygen atoms in total. The van der Waals surface area contributed by atoms with E-state index >= 15 is 0 Å². The van der Waals surface area contributed by atoms with Gasteiger partial charge in [-0.2, -0.15) is 0 Å². The minimum atomic E-state index is -0.185. The second-order valence-corrected chi connectivity index (χ2v) is 5.68. The van der Waals surface area contributed by atoms with Crippen molar-refractivity contribution in [2.24, 2.45) is 11.7 Å². The van der Waals surface area contributed by atoms with E-state index in [9.17, 15) is 4.39 Å². The van der Waals surface area contributed by atoms with Crippen LogP contribution >= 0.6 is 0 Å². The molecule has 2 N–H and O–H groups in total. The van der Waals surface area contributed by atoms with E-state index in [-0.39, 0.29) is 17.8 Å². The Morgan fingerprint density at radius 2 is 2.25 bits per heavy atom. The quantitative estimate of drug-likeness (QED) is 0.826. The van der Waals surface area contributed by atoms with Crippen molar-refractivity contribution in [3.05, 3.63) is 48.0 Å². The van der Waals surface area contributed by atoms with Crippen molar-refractivity contribution in [1.82, 2.24) is 0 Å². The van der Waals surface area contributed by atoms with Crippen LogP contribution in [0.3, 0.4) is 0 Å². The summed E-state index contributed by atoms with van der Waals surface area (Å²) in [5.74, 6) is 1.43. The summed E-state index contributed by atoms with van der Waals surface area (Å²) in [5, 5.41) is 0. The van der Waals surface area contributed by atoms with Crippen molar-refractivity contribution in [2.75, 3.05) is 6.61 Å². The molecule has 110 valence electrons. The van der Waals surface area contributed by atoms with Crippen molar-refractivity contribution in [2.45, 2.75) is 44.6 Å². The maximum absolute atomic E-state index is 13.4. The van der Waals surface area contributed by atoms with Crippen LogP contribution in [0.1, 0.15) is 44.1 Å². The molecule has 1 aromatic rings. The minimum Gasteiger partial charge on any atom is -0.499 e. The zero-order valence-corrected chi connectivity index (χ0v) is 12.1. The van der Waals surface area contributed by atoms with Gasteiger partial charge >= 0.3 is 0 Å². The Morgan fingerprint density at radius 1 is 1.45 bits per heavy atom. The molecule has 0 amide bonds. The Bertz CT molecular complexity index is 460. The van der Waals surface area contributed by atoms with Gasteiger partial charge in [-0.15, -0.1) is 0 Å². The van der Waals surface area contributed by atoms with Crippen LogP contribution in [0.25, 0.3) is 0 Å². The van der Waals surface area contributed by atoms with Crippen molar-refractivity contribution in [1.29, 1.82) is 0 Å². The minimum absolute atomic E-state index is 0.119. The van der Waals surface area contributed by atoms with Crippen LogP contribution < -0.4 is 5.73 Å². The fourth-order valence-corrected chi connectivity index (χ4v) is 3.17. The van der Waals surface area contributed by atoms with Gasteiger partial charge in [0, 0.05) is 12.5 Å². The summed E-state index contributed by atoms with van der Waals surface area (Å²) in [6.45, 7) is 6.59. The first-order valence-electron chi connectivity index (χ1n) is 7.41. The van der Waals surface area contributed by atoms with Crippen LogP contribution in [0.5, 0.6) is 0 Å². The van der Waals surface area contributed by atoms with E-state index in [1.807, 2.05) is 13.0 Å². The smallest absolute Gasteiger partial charge is 0.123 e. The zero-order chi connectivity index (χ0) is 14.5. The molecule has 1 saturated carbocycles. The van der Waals surface area contributed by atoms with Gasteiger partial charge in [-0.05, 0) is 55.7 Å². The third-order valence-electron chi connectivity index (χ3n) is 4.15. The van der Waals surface area contributed by atoms with E-state index in [1.54, 1.807) is 12.1 Å². The Morgan fingerprint density at radius 3 is 2.95 bits per heavy atom. The number of allylic oxidation sites excluding steroid dienone is 1. The van der Waals surface area contributed by atoms with Gasteiger partial charge < -0.3 is 10.5 Å². The van der Waals surface area contributed by atoms with Crippen molar-refractivity contribution in [3.8, 4) is 0 Å². The predicted octanol–water partition coefficient (Wildman–Crippen LogP) is 3.98. The number of nitrogens with two attached hydrogens (primary N) is 1. The molecule has 0 heterocycles. The highest BCUT2D eigenvalue weighted by Gasteiger charge is 2.29. The van der Waals surface area contributed by atoms with E-state index in [1.165, 1.54) is 6.07 Å². The van der Waals surface area contributed by atoms with Gasteiger partial charge in [0.15, 0.2) is 0 Å². The summed E-state index contributed by atoms with van der Waals surface area (Å²) in [7, 11) is 0. The Hall–Kier alpha value is -1.35. The largest absolute Gasteiger partial charge is 0.499 e. The lowest BCUT2D eigenvalue weighted by molar-refractivity contribution is 0.189. The van der Waals surface area contributed by atoms with Crippen molar-refractivity contribution in [3.63, 3.8) is 0 Å². The highest BCUT2D eigenvalue weighted by Crippen LogP contribution is 2.38. The molecule has 3 atom stereocenters. The zero-order valence-electron chi connectivity index (χ0n) is 12.1. The number of benzene rings is 1. The molecule has 3 heteroatoms. The van der Waals surface area contributed by atoms with Gasteiger partial charge in [0.2, 0.25) is 0 Å². The van der Waals surface area contributed by atoms with Gasteiger partial charge in [0.25, 0.3) is 0 Å². The van der Waals surface area contributed by atoms with Gasteiger partial charge in [-0.25, -0.2) is 4.39 Å². The predicted molar refractivity (Wildman–Crippen MR) is 79.8 cm³/mol. The van der Waals surface area contributed by atoms with Crippen molar-refractivity contribution < 1.29 is 9.13 Å². The molecule has 1 aromatic carbocycles. The number of hydrogen-bond donors (Lipinski definition) is 1. The lowest BCUT2D eigenvalue weighted by atomic mass is 9.74. The molecule has 1 aliphatic carbocycles. The summed E-state index contributed by atoms with van der Waals surface area (Å²) in [6, 6.07) is 6.96. The Labute approximate surface area is 120 Å². The average Bonchev–Trinajstić information content (AvgIpc) is 2.41. The molecule has 0 radical (unpaired) electrons. The standard InChI is InChI=1S/C17H24FNO/c1-3-20-12(2)9-13-7-8-17(19)16(10-13)14-5-4-6-15(18)11-14/h4-6,11,13,16-17H,2-3,7-10,19H2,1H3/t13-,16-,17+/m0/s1. The molecule has 0 bridgehead atoms. The topological polar surface area (TPSA) is 35.2 Å². The van der Waals surface area contributed by atoms with Crippen LogP contribution in [0.2, 0.25) is 0 Å². The molecule has 1 aliphatic rings. The molecule has 0 unspecified atom stereocenters. The lowest BCUT2D eigenvalue weighted by Gasteiger charge is -2.34. The molecule has 0 aliphatic heterocycles. The monoisotopic (exact) mass is 277 g/mol. The van der Waals surface area contributed by atoms with Crippen LogP contribution in [-0.2, 0) is 4.74 Å². The second-order valence-electron chi connectivity index (χ2n) is 5.68. The molecule has 2 rings (SSSR count). The van der Waals surface area contributed by atoms with Gasteiger partial charge in [0.05, 0.1) is 12.4 Å². The van der Waals surface area contributed by atoms with E-state index in [0.717, 1.165) is 37.0 Å². The van der Waals surface area contributed by atoms with Crippen LogP contribution in [0.15, 0.2) is 36.6 Å². The number of rotatable bonds is 5. The summed E-state index contributed by atoms with van der Waals surface area (Å²) >= 11 is 0. The average molecular weight is 277 g/mol. The molecule has 0 saturated heterocycles. The number of halogens is 1. The number of ether oxygens (including phenoxy) is 1. The number of hydrogen-bond acceptors (Lipinski definition) is 2. The first kappa shape index (κ1) is 15.0. The SMILES string of the molecule is C=C(C[C@@H]1CC[C@@H](N)[C@H](c2cccc(F)c2)C1)OCC. The van der Waals surface area contributed by atoms with E-state index in [4.69, 9.17) is 10.5 Å². The van der Waals surface area contributed by atoms with Gasteiger partial charge in [-0.3, -0.25) is 0 Å². The van der Waals surface area contributed by atoms with Crippen LogP contribution in [0.4, 0.5) is 4.39 Å². The summed E-state index contributed by atoms with van der Waals surface area (Å²) in [6.07, 6.45) is 3.94. The molecule has 1 fully saturated rings.